The number of sulfone groups is 1. The summed E-state index contributed by atoms with van der Waals surface area (Å²) < 4.78 is 53.5. The van der Waals surface area contributed by atoms with Gasteiger partial charge in [-0.1, -0.05) is 0 Å². The highest BCUT2D eigenvalue weighted by molar-refractivity contribution is 7.95. The third-order valence-corrected chi connectivity index (χ3v) is 9.97. The van der Waals surface area contributed by atoms with Crippen LogP contribution in [-0.4, -0.2) is 90.5 Å². The summed E-state index contributed by atoms with van der Waals surface area (Å²) >= 11 is 0.501. The van der Waals surface area contributed by atoms with Crippen molar-refractivity contribution < 1.29 is 56.9 Å². The lowest BCUT2D eigenvalue weighted by molar-refractivity contribution is -0.527. The van der Waals surface area contributed by atoms with Gasteiger partial charge in [-0.2, -0.15) is 0 Å². The van der Waals surface area contributed by atoms with Gasteiger partial charge in [0.15, 0.2) is 9.84 Å². The highest BCUT2D eigenvalue weighted by Gasteiger charge is 2.43. The van der Waals surface area contributed by atoms with Crippen LogP contribution in [0.2, 0.25) is 0 Å². The lowest BCUT2D eigenvalue weighted by atomic mass is 10.0. The molecule has 1 aromatic rings. The van der Waals surface area contributed by atoms with Crippen molar-refractivity contribution in [2.45, 2.75) is 46.1 Å². The molecule has 0 bridgehead atoms. The molecule has 1 amide bonds. The first-order chi connectivity index (χ1) is 15.2. The van der Waals surface area contributed by atoms with Gasteiger partial charge in [0.25, 0.3) is 0 Å². The predicted molar refractivity (Wildman–Crippen MR) is 105 cm³/mol. The maximum atomic E-state index is 12.8. The van der Waals surface area contributed by atoms with Crippen LogP contribution in [-0.2, 0) is 34.3 Å². The molecule has 1 aliphatic heterocycles. The van der Waals surface area contributed by atoms with Gasteiger partial charge in [0.05, 0.1) is 22.1 Å². The van der Waals surface area contributed by atoms with E-state index in [4.69, 9.17) is 30.7 Å². The Labute approximate surface area is 192 Å². The minimum atomic E-state index is -4.19. The number of rotatable bonds is 10. The maximum Gasteiger partial charge on any atom is 0.410 e. The van der Waals surface area contributed by atoms with Crippen LogP contribution < -0.4 is 5.14 Å². The Morgan fingerprint density at radius 1 is 1.27 bits per heavy atom. The number of amides is 1. The van der Waals surface area contributed by atoms with Crippen LogP contribution in [0.3, 0.4) is 0 Å². The zero-order valence-electron chi connectivity index (χ0n) is 17.3. The summed E-state index contributed by atoms with van der Waals surface area (Å²) in [5, 5.41) is 37.6. The third-order valence-electron chi connectivity index (χ3n) is 4.65. The molecule has 0 aliphatic carbocycles. The molecule has 190 valence electrons. The van der Waals surface area contributed by atoms with Gasteiger partial charge < -0.3 is 9.64 Å². The molecule has 1 aliphatic rings. The summed E-state index contributed by atoms with van der Waals surface area (Å²) in [5.41, 5.74) is 0.0881. The van der Waals surface area contributed by atoms with Crippen LogP contribution in [0.15, 0.2) is 14.5 Å². The molecule has 33 heavy (non-hydrogen) atoms. The van der Waals surface area contributed by atoms with Gasteiger partial charge in [-0.25, -0.2) is 36.4 Å². The maximum absolute atomic E-state index is 12.8. The zero-order chi connectivity index (χ0) is 25.1. The summed E-state index contributed by atoms with van der Waals surface area (Å²) in [4.78, 5) is 22.7. The fourth-order valence-electron chi connectivity index (χ4n) is 3.12. The summed E-state index contributed by atoms with van der Waals surface area (Å²) in [7, 11) is -8.04. The third kappa shape index (κ3) is 6.77. The molecular weight excluding hydrogens is 512 g/mol. The van der Waals surface area contributed by atoms with Crippen molar-refractivity contribution in [3.8, 4) is 0 Å². The molecule has 6 N–H and O–H groups in total. The molecule has 2 heterocycles. The summed E-state index contributed by atoms with van der Waals surface area (Å²) in [5.74, 6) is 0. The van der Waals surface area contributed by atoms with E-state index < -0.39 is 67.3 Å². The second-order valence-corrected chi connectivity index (χ2v) is 12.3. The first-order valence-electron chi connectivity index (χ1n) is 9.17. The molecule has 0 radical (unpaired) electrons. The van der Waals surface area contributed by atoms with Gasteiger partial charge in [0, 0.05) is 12.1 Å². The van der Waals surface area contributed by atoms with E-state index in [9.17, 15) is 21.6 Å². The van der Waals surface area contributed by atoms with Crippen LogP contribution in [0.4, 0.5) is 4.79 Å². The molecule has 16 nitrogen and oxygen atoms in total. The quantitative estimate of drug-likeness (QED) is 0.245. The van der Waals surface area contributed by atoms with Crippen molar-refractivity contribution in [1.82, 2.24) is 15.7 Å². The summed E-state index contributed by atoms with van der Waals surface area (Å²) in [6.45, 7) is 1.70. The van der Waals surface area contributed by atoms with Crippen LogP contribution in [0.25, 0.3) is 0 Å². The predicted octanol–water partition coefficient (Wildman–Crippen LogP) is -0.146. The van der Waals surface area contributed by atoms with Crippen LogP contribution >= 0.6 is 11.3 Å². The molecule has 0 saturated heterocycles. The Morgan fingerprint density at radius 2 is 1.91 bits per heavy atom. The fourth-order valence-corrected chi connectivity index (χ4v) is 7.52. The van der Waals surface area contributed by atoms with E-state index in [0.717, 1.165) is 11.0 Å². The van der Waals surface area contributed by atoms with Crippen molar-refractivity contribution in [3.05, 3.63) is 11.6 Å². The second-order valence-electron chi connectivity index (χ2n) is 6.85. The van der Waals surface area contributed by atoms with Crippen LogP contribution in [0.5, 0.6) is 0 Å². The lowest BCUT2D eigenvalue weighted by Crippen LogP contribution is -2.42. The first-order valence-corrected chi connectivity index (χ1v) is 13.1. The van der Waals surface area contributed by atoms with Crippen molar-refractivity contribution in [1.29, 1.82) is 0 Å². The van der Waals surface area contributed by atoms with E-state index in [1.165, 1.54) is 6.92 Å². The second kappa shape index (κ2) is 10.8. The number of nitrogens with two attached hydrogens (primary N) is 1. The number of fused-ring (bicyclic) bond motifs is 1. The van der Waals surface area contributed by atoms with Gasteiger partial charge in [0.1, 0.15) is 27.7 Å². The number of sulfonamides is 1. The Bertz CT molecular complexity index is 1040. The molecule has 0 aromatic carbocycles. The number of hydrogen-bond acceptors (Lipinski definition) is 15. The number of ether oxygens (including phenoxy) is 1. The highest BCUT2D eigenvalue weighted by atomic mass is 32.3. The molecule has 3 atom stereocenters. The standard InChI is InChI=1S/C14H24N4O12S3/c1-3-16(14(19)28-6-9(30-18(22)23)7-29-17(20)21)11-4-8(2)32(24,25)13-10(11)5-12(31-13)33(15,26)27/h5,8-9,11,20-23H,3-4,6-7H2,1-2H3,(H2,15,26,27)/t8?,9?,11-/m0/s1. The average molecular weight is 537 g/mol. The number of carbonyl (C=O) groups excluding carboxylic acids is 1. The molecule has 0 saturated carbocycles. The van der Waals surface area contributed by atoms with Gasteiger partial charge in [-0.05, 0) is 26.3 Å². The number of primary sulfonamides is 1. The number of hydrogen-bond donors (Lipinski definition) is 5. The Hall–Kier alpha value is -1.49. The fraction of sp³-hybridized carbons (Fsp3) is 0.643. The van der Waals surface area contributed by atoms with E-state index in [-0.39, 0.29) is 26.9 Å². The van der Waals surface area contributed by atoms with E-state index in [2.05, 4.69) is 9.68 Å². The minimum absolute atomic E-state index is 0.0332. The van der Waals surface area contributed by atoms with Crippen molar-refractivity contribution >= 4 is 37.3 Å². The highest BCUT2D eigenvalue weighted by Crippen LogP contribution is 2.45. The van der Waals surface area contributed by atoms with Crippen molar-refractivity contribution in [2.75, 3.05) is 19.8 Å². The largest absolute Gasteiger partial charge is 0.446 e. The molecule has 19 heteroatoms. The molecule has 0 spiro atoms. The monoisotopic (exact) mass is 536 g/mol. The van der Waals surface area contributed by atoms with Gasteiger partial charge in [0.2, 0.25) is 10.0 Å². The number of carbonyl (C=O) groups is 1. The van der Waals surface area contributed by atoms with E-state index in [1.54, 1.807) is 6.92 Å². The molecule has 2 unspecified atom stereocenters. The summed E-state index contributed by atoms with van der Waals surface area (Å²) in [6.07, 6.45) is -2.42. The topological polar surface area (TPSA) is 230 Å². The van der Waals surface area contributed by atoms with E-state index in [1.807, 2.05) is 0 Å². The minimum Gasteiger partial charge on any atom is -0.446 e. The van der Waals surface area contributed by atoms with E-state index in [0.29, 0.717) is 11.3 Å². The molecule has 0 fully saturated rings. The van der Waals surface area contributed by atoms with Gasteiger partial charge in [-0.15, -0.1) is 11.3 Å². The number of nitrogens with zero attached hydrogens (tertiary/aromatic N) is 3. The summed E-state index contributed by atoms with van der Waals surface area (Å²) in [6, 6.07) is 0.252. The Morgan fingerprint density at radius 3 is 2.42 bits per heavy atom. The smallest absolute Gasteiger partial charge is 0.410 e. The lowest BCUT2D eigenvalue weighted by Gasteiger charge is -2.35. The van der Waals surface area contributed by atoms with Gasteiger partial charge >= 0.3 is 6.09 Å². The molecule has 1 aromatic heterocycles. The van der Waals surface area contributed by atoms with Gasteiger partial charge in [-0.3, -0.25) is 20.8 Å². The van der Waals surface area contributed by atoms with Crippen molar-refractivity contribution in [3.63, 3.8) is 0 Å². The van der Waals surface area contributed by atoms with E-state index >= 15 is 0 Å². The van der Waals surface area contributed by atoms with Crippen LogP contribution in [0, 0.1) is 0 Å². The first kappa shape index (κ1) is 27.8. The normalized spacial score (nSPS) is 21.1. The Kier molecular flexibility index (Phi) is 9.12. The zero-order valence-corrected chi connectivity index (χ0v) is 19.8. The Balaban J connectivity index is 2.28. The van der Waals surface area contributed by atoms with Crippen LogP contribution in [0.1, 0.15) is 31.9 Å². The average Bonchev–Trinajstić information content (AvgIpc) is 3.15. The molecular formula is C14H24N4O12S3. The van der Waals surface area contributed by atoms with Crippen molar-refractivity contribution in [2.24, 2.45) is 5.14 Å². The SMILES string of the molecule is CCN(C(=O)OCC(CON(O)O)ON(O)O)[C@H]1CC(C)S(=O)(=O)c2sc(S(N)(=O)=O)cc21. The molecule has 2 rings (SSSR count). The number of thiophene rings is 1.